The molecule has 0 radical (unpaired) electrons. The zero-order chi connectivity index (χ0) is 24.7. The fourth-order valence-electron chi connectivity index (χ4n) is 5.07. The van der Waals surface area contributed by atoms with Crippen molar-refractivity contribution in [3.05, 3.63) is 47.4 Å². The van der Waals surface area contributed by atoms with Crippen molar-refractivity contribution in [2.45, 2.75) is 56.9 Å². The molecule has 11 heteroatoms. The number of nitrogens with two attached hydrogens (primary N) is 1. The predicted molar refractivity (Wildman–Crippen MR) is 127 cm³/mol. The molecular weight excluding hydrogens is 459 g/mol. The maximum atomic E-state index is 13.5. The Morgan fingerprint density at radius 3 is 2.80 bits per heavy atom. The monoisotopic (exact) mass is 487 g/mol. The van der Waals surface area contributed by atoms with E-state index < -0.39 is 11.9 Å². The van der Waals surface area contributed by atoms with Crippen molar-refractivity contribution in [3.63, 3.8) is 0 Å². The van der Waals surface area contributed by atoms with Crippen LogP contribution in [0.1, 0.15) is 42.6 Å². The van der Waals surface area contributed by atoms with E-state index in [1.54, 1.807) is 21.7 Å². The largest absolute Gasteiger partial charge is 0.433 e. The van der Waals surface area contributed by atoms with Gasteiger partial charge < -0.3 is 21.3 Å². The molecule has 4 N–H and O–H groups in total. The minimum absolute atomic E-state index is 0.0655. The third-order valence-corrected chi connectivity index (χ3v) is 6.74. The third-order valence-electron chi connectivity index (χ3n) is 6.74. The molecule has 2 amide bonds. The van der Waals surface area contributed by atoms with Crippen LogP contribution in [0, 0.1) is 0 Å². The number of anilines is 2. The number of nitrogens with one attached hydrogen (secondary N) is 2. The lowest BCUT2D eigenvalue weighted by atomic mass is 9.90. The van der Waals surface area contributed by atoms with Gasteiger partial charge in [0.15, 0.2) is 0 Å². The van der Waals surface area contributed by atoms with Gasteiger partial charge in [0.05, 0.1) is 17.8 Å². The van der Waals surface area contributed by atoms with Crippen molar-refractivity contribution < 1.29 is 18.0 Å². The molecule has 2 atom stereocenters. The lowest BCUT2D eigenvalue weighted by molar-refractivity contribution is -0.140. The molecule has 1 saturated carbocycles. The van der Waals surface area contributed by atoms with Crippen LogP contribution in [-0.4, -0.2) is 44.3 Å². The van der Waals surface area contributed by atoms with Crippen molar-refractivity contribution in [2.75, 3.05) is 17.6 Å². The average Bonchev–Trinajstić information content (AvgIpc) is 3.18. The summed E-state index contributed by atoms with van der Waals surface area (Å²) in [7, 11) is 1.87. The Labute approximate surface area is 200 Å². The Bertz CT molecular complexity index is 1260. The maximum Gasteiger partial charge on any atom is 0.433 e. The van der Waals surface area contributed by atoms with Crippen molar-refractivity contribution >= 4 is 28.3 Å². The number of carbonyl (C=O) groups excluding carboxylic acids is 1. The van der Waals surface area contributed by atoms with Crippen LogP contribution in [0.5, 0.6) is 0 Å². The summed E-state index contributed by atoms with van der Waals surface area (Å²) in [6.45, 7) is 1.13. The van der Waals surface area contributed by atoms with Crippen LogP contribution < -0.4 is 16.4 Å². The Morgan fingerprint density at radius 2 is 2.00 bits per heavy atom. The van der Waals surface area contributed by atoms with Gasteiger partial charge in [0, 0.05) is 60.6 Å². The predicted octanol–water partition coefficient (Wildman–Crippen LogP) is 4.06. The Morgan fingerprint density at radius 1 is 1.20 bits per heavy atom. The lowest BCUT2D eigenvalue weighted by Crippen LogP contribution is -2.49. The summed E-state index contributed by atoms with van der Waals surface area (Å²) in [5, 5.41) is 11.4. The molecule has 1 fully saturated rings. The van der Waals surface area contributed by atoms with E-state index in [2.05, 4.69) is 20.7 Å². The van der Waals surface area contributed by atoms with Gasteiger partial charge in [-0.2, -0.15) is 18.3 Å². The van der Waals surface area contributed by atoms with Gasteiger partial charge in [-0.15, -0.1) is 0 Å². The van der Waals surface area contributed by atoms with Crippen molar-refractivity contribution in [3.8, 4) is 0 Å². The molecule has 1 aliphatic carbocycles. The number of urea groups is 1. The van der Waals surface area contributed by atoms with E-state index in [1.165, 1.54) is 6.07 Å². The molecule has 0 bridgehead atoms. The van der Waals surface area contributed by atoms with Crippen LogP contribution in [-0.2, 0) is 26.2 Å². The summed E-state index contributed by atoms with van der Waals surface area (Å²) in [6, 6.07) is 5.45. The molecular formula is C24H28F3N7O. The van der Waals surface area contributed by atoms with Crippen LogP contribution in [0.25, 0.3) is 10.9 Å². The number of fused-ring (bicyclic) bond motifs is 2. The first-order valence-electron chi connectivity index (χ1n) is 11.8. The fraction of sp³-hybridized carbons (Fsp3) is 0.458. The highest BCUT2D eigenvalue weighted by Crippen LogP contribution is 2.35. The van der Waals surface area contributed by atoms with Gasteiger partial charge >= 0.3 is 12.2 Å². The lowest BCUT2D eigenvalue weighted by Gasteiger charge is -2.34. The van der Waals surface area contributed by atoms with E-state index in [0.717, 1.165) is 43.0 Å². The summed E-state index contributed by atoms with van der Waals surface area (Å²) in [4.78, 5) is 18.5. The van der Waals surface area contributed by atoms with Gasteiger partial charge in [-0.3, -0.25) is 4.68 Å². The zero-order valence-electron chi connectivity index (χ0n) is 19.4. The molecule has 3 heterocycles. The quantitative estimate of drug-likeness (QED) is 0.484. The topological polar surface area (TPSA) is 101 Å². The SMILES string of the molecule is Cn1cc2c(n1)CCN(C(=O)N[C@@H]1CCCC(Nc3cc(C(F)(F)F)nc4ccc(N)cc34)C1)C2. The van der Waals surface area contributed by atoms with Crippen LogP contribution in [0.15, 0.2) is 30.5 Å². The fourth-order valence-corrected chi connectivity index (χ4v) is 5.07. The van der Waals surface area contributed by atoms with Crippen LogP contribution in [0.3, 0.4) is 0 Å². The van der Waals surface area contributed by atoms with E-state index in [1.807, 2.05) is 13.2 Å². The molecule has 35 heavy (non-hydrogen) atoms. The molecule has 1 aliphatic heterocycles. The van der Waals surface area contributed by atoms with Crippen LogP contribution in [0.4, 0.5) is 29.3 Å². The highest BCUT2D eigenvalue weighted by atomic mass is 19.4. The summed E-state index contributed by atoms with van der Waals surface area (Å²) >= 11 is 0. The highest BCUT2D eigenvalue weighted by molar-refractivity contribution is 5.93. The average molecular weight is 488 g/mol. The van der Waals surface area contributed by atoms with Crippen molar-refractivity contribution in [2.24, 2.45) is 7.05 Å². The number of benzene rings is 1. The van der Waals surface area contributed by atoms with Crippen molar-refractivity contribution in [1.82, 2.24) is 25.0 Å². The second-order valence-electron chi connectivity index (χ2n) is 9.43. The number of nitrogen functional groups attached to an aromatic ring is 1. The number of hydrogen-bond donors (Lipinski definition) is 3. The molecule has 0 saturated heterocycles. The summed E-state index contributed by atoms with van der Waals surface area (Å²) in [6.07, 6.45) is 1.19. The van der Waals surface area contributed by atoms with E-state index >= 15 is 0 Å². The number of hydrogen-bond acceptors (Lipinski definition) is 5. The molecule has 186 valence electrons. The van der Waals surface area contributed by atoms with Gasteiger partial charge in [-0.25, -0.2) is 9.78 Å². The number of nitrogens with zero attached hydrogens (tertiary/aromatic N) is 4. The van der Waals surface area contributed by atoms with E-state index in [9.17, 15) is 18.0 Å². The van der Waals surface area contributed by atoms with E-state index in [4.69, 9.17) is 5.73 Å². The number of rotatable bonds is 3. The van der Waals surface area contributed by atoms with Crippen LogP contribution in [0.2, 0.25) is 0 Å². The highest BCUT2D eigenvalue weighted by Gasteiger charge is 2.34. The molecule has 1 aromatic carbocycles. The Kier molecular flexibility index (Phi) is 5.94. The molecule has 2 aromatic heterocycles. The Hall–Kier alpha value is -3.50. The molecule has 1 unspecified atom stereocenters. The van der Waals surface area contributed by atoms with E-state index in [0.29, 0.717) is 36.3 Å². The first kappa shape index (κ1) is 23.3. The number of aromatic nitrogens is 3. The first-order valence-corrected chi connectivity index (χ1v) is 11.8. The minimum Gasteiger partial charge on any atom is -0.399 e. The molecule has 8 nitrogen and oxygen atoms in total. The number of alkyl halides is 3. The van der Waals surface area contributed by atoms with Gasteiger partial charge in [0.25, 0.3) is 0 Å². The van der Waals surface area contributed by atoms with Crippen LogP contribution >= 0.6 is 0 Å². The normalized spacial score (nSPS) is 20.5. The van der Waals surface area contributed by atoms with Crippen molar-refractivity contribution in [1.29, 1.82) is 0 Å². The second kappa shape index (κ2) is 8.94. The zero-order valence-corrected chi connectivity index (χ0v) is 19.4. The van der Waals surface area contributed by atoms with E-state index in [-0.39, 0.29) is 23.6 Å². The number of halogens is 3. The molecule has 5 rings (SSSR count). The standard InChI is InChI=1S/C24H28F3N7O/c1-33-12-14-13-34(8-7-19(14)32-33)23(35)30-17-4-2-3-16(10-17)29-21-11-22(24(25,26)27)31-20-6-5-15(28)9-18(20)21/h5-6,9,11-12,16-17H,2-4,7-8,10,13,28H2,1H3,(H,29,31)(H,30,35)/t16?,17-/m1/s1. The maximum absolute atomic E-state index is 13.5. The number of carbonyl (C=O) groups is 1. The van der Waals surface area contributed by atoms with Gasteiger partial charge in [0.1, 0.15) is 5.69 Å². The van der Waals surface area contributed by atoms with Gasteiger partial charge in [-0.1, -0.05) is 0 Å². The molecule has 0 spiro atoms. The Balaban J connectivity index is 1.28. The molecule has 3 aromatic rings. The number of pyridine rings is 1. The smallest absolute Gasteiger partial charge is 0.399 e. The summed E-state index contributed by atoms with van der Waals surface area (Å²) in [5.41, 5.74) is 8.07. The first-order chi connectivity index (χ1) is 16.7. The summed E-state index contributed by atoms with van der Waals surface area (Å²) in [5.74, 6) is 0. The van der Waals surface area contributed by atoms with Gasteiger partial charge in [-0.05, 0) is 49.9 Å². The number of amides is 2. The minimum atomic E-state index is -4.56. The third kappa shape index (κ3) is 4.98. The van der Waals surface area contributed by atoms with Gasteiger partial charge in [0.2, 0.25) is 0 Å². The number of aryl methyl sites for hydroxylation is 1. The second-order valence-corrected chi connectivity index (χ2v) is 9.43. The molecule has 2 aliphatic rings. The summed E-state index contributed by atoms with van der Waals surface area (Å²) < 4.78 is 42.1.